The van der Waals surface area contributed by atoms with Crippen LogP contribution in [0.2, 0.25) is 18.1 Å². The Balaban J connectivity index is 2.22. The van der Waals surface area contributed by atoms with Crippen LogP contribution >= 0.6 is 0 Å². The summed E-state index contributed by atoms with van der Waals surface area (Å²) in [5.74, 6) is 0.0366. The molecular weight excluding hydrogens is 354 g/mol. The molecule has 0 N–H and O–H groups in total. The van der Waals surface area contributed by atoms with Gasteiger partial charge >= 0.3 is 0 Å². The van der Waals surface area contributed by atoms with Crippen LogP contribution in [0.25, 0.3) is 0 Å². The van der Waals surface area contributed by atoms with E-state index < -0.39 is 13.9 Å². The number of benzene rings is 1. The lowest BCUT2D eigenvalue weighted by atomic mass is 9.95. The summed E-state index contributed by atoms with van der Waals surface area (Å²) in [5, 5.41) is 0.143. The molecule has 0 aliphatic carbocycles. The number of rotatable bonds is 6. The van der Waals surface area contributed by atoms with E-state index in [2.05, 4.69) is 47.7 Å². The van der Waals surface area contributed by atoms with E-state index in [4.69, 9.17) is 9.16 Å². The van der Waals surface area contributed by atoms with Crippen molar-refractivity contribution in [3.05, 3.63) is 47.5 Å². The molecule has 1 atom stereocenters. The Morgan fingerprint density at radius 2 is 1.78 bits per heavy atom. The monoisotopic (exact) mass is 389 g/mol. The predicted octanol–water partition coefficient (Wildman–Crippen LogP) is 4.77. The minimum atomic E-state index is -1.86. The Morgan fingerprint density at radius 3 is 2.30 bits per heavy atom. The van der Waals surface area contributed by atoms with Gasteiger partial charge in [0, 0.05) is 19.2 Å². The van der Waals surface area contributed by atoms with E-state index in [-0.39, 0.29) is 17.0 Å². The molecule has 1 heterocycles. The van der Waals surface area contributed by atoms with Crippen molar-refractivity contribution in [3.63, 3.8) is 0 Å². The smallest absolute Gasteiger partial charge is 0.253 e. The van der Waals surface area contributed by atoms with Gasteiger partial charge in [0.1, 0.15) is 6.10 Å². The summed E-state index contributed by atoms with van der Waals surface area (Å²) in [6.45, 7) is 16.3. The summed E-state index contributed by atoms with van der Waals surface area (Å²) in [4.78, 5) is 15.1. The highest BCUT2D eigenvalue weighted by Crippen LogP contribution is 2.38. The van der Waals surface area contributed by atoms with E-state index >= 15 is 0 Å². The highest BCUT2D eigenvalue weighted by molar-refractivity contribution is 6.74. The number of nitrogens with zero attached hydrogens (tertiary/aromatic N) is 1. The van der Waals surface area contributed by atoms with E-state index in [1.807, 2.05) is 41.3 Å². The zero-order chi connectivity index (χ0) is 20.5. The van der Waals surface area contributed by atoms with Crippen molar-refractivity contribution < 1.29 is 14.0 Å². The van der Waals surface area contributed by atoms with Crippen LogP contribution in [0.4, 0.5) is 0 Å². The lowest BCUT2D eigenvalue weighted by molar-refractivity contribution is -0.129. The molecule has 1 aliphatic heterocycles. The van der Waals surface area contributed by atoms with Crippen LogP contribution in [0, 0.1) is 0 Å². The fourth-order valence-electron chi connectivity index (χ4n) is 3.26. The summed E-state index contributed by atoms with van der Waals surface area (Å²) >= 11 is 0. The number of carbonyl (C=O) groups excluding carboxylic acids is 1. The third kappa shape index (κ3) is 4.53. The topological polar surface area (TPSA) is 38.8 Å². The summed E-state index contributed by atoms with van der Waals surface area (Å²) < 4.78 is 12.0. The molecule has 2 rings (SSSR count). The number of hydrogen-bond donors (Lipinski definition) is 0. The Labute approximate surface area is 165 Å². The van der Waals surface area contributed by atoms with Crippen molar-refractivity contribution in [2.24, 2.45) is 0 Å². The Kier molecular flexibility index (Phi) is 6.39. The SMILES string of the molecule is COC1/C(=C\CO[Si](C)(C)C(C)(C)C)C(=O)N(Cc2ccccc2)C1(C)C. The molecule has 1 fully saturated rings. The van der Waals surface area contributed by atoms with Crippen LogP contribution in [-0.4, -0.2) is 44.5 Å². The van der Waals surface area contributed by atoms with Gasteiger partial charge < -0.3 is 14.1 Å². The fourth-order valence-corrected chi connectivity index (χ4v) is 4.19. The number of amides is 1. The lowest BCUT2D eigenvalue weighted by Gasteiger charge is -2.36. The molecule has 0 aromatic heterocycles. The van der Waals surface area contributed by atoms with Crippen molar-refractivity contribution in [1.29, 1.82) is 0 Å². The van der Waals surface area contributed by atoms with Gasteiger partial charge in [-0.3, -0.25) is 4.79 Å². The van der Waals surface area contributed by atoms with Gasteiger partial charge in [0.15, 0.2) is 8.32 Å². The second-order valence-electron chi connectivity index (χ2n) is 9.38. The van der Waals surface area contributed by atoms with Gasteiger partial charge in [0.2, 0.25) is 0 Å². The number of likely N-dealkylation sites (tertiary alicyclic amines) is 1. The quantitative estimate of drug-likeness (QED) is 0.519. The molecular formula is C22H35NO3Si. The van der Waals surface area contributed by atoms with Crippen molar-refractivity contribution in [1.82, 2.24) is 4.90 Å². The van der Waals surface area contributed by atoms with Crippen LogP contribution in [-0.2, 0) is 20.5 Å². The molecule has 0 spiro atoms. The molecule has 1 amide bonds. The molecule has 0 bridgehead atoms. The van der Waals surface area contributed by atoms with E-state index in [1.165, 1.54) is 0 Å². The standard InChI is InChI=1S/C22H35NO3Si/c1-21(2,3)27(7,8)26-15-14-18-19(25-6)22(4,5)23(20(18)24)16-17-12-10-9-11-13-17/h9-14,19H,15-16H2,1-8H3/b18-14+. The normalized spacial score (nSPS) is 21.9. The molecule has 5 heteroatoms. The molecule has 1 aromatic carbocycles. The van der Waals surface area contributed by atoms with Crippen LogP contribution in [0.1, 0.15) is 40.2 Å². The minimum Gasteiger partial charge on any atom is -0.413 e. The highest BCUT2D eigenvalue weighted by atomic mass is 28.4. The van der Waals surface area contributed by atoms with Crippen LogP contribution < -0.4 is 0 Å². The zero-order valence-electron chi connectivity index (χ0n) is 18.1. The fraction of sp³-hybridized carbons (Fsp3) is 0.591. The number of methoxy groups -OCH3 is 1. The van der Waals surface area contributed by atoms with Gasteiger partial charge in [-0.25, -0.2) is 0 Å². The first-order valence-electron chi connectivity index (χ1n) is 9.64. The van der Waals surface area contributed by atoms with E-state index in [0.717, 1.165) is 5.56 Å². The average Bonchev–Trinajstić information content (AvgIpc) is 2.74. The maximum Gasteiger partial charge on any atom is 0.253 e. The largest absolute Gasteiger partial charge is 0.413 e. The first-order chi connectivity index (χ1) is 12.4. The van der Waals surface area contributed by atoms with Gasteiger partial charge in [-0.1, -0.05) is 51.1 Å². The zero-order valence-corrected chi connectivity index (χ0v) is 19.1. The maximum absolute atomic E-state index is 13.2. The Hall–Kier alpha value is -1.43. The van der Waals surface area contributed by atoms with Crippen molar-refractivity contribution >= 4 is 14.2 Å². The van der Waals surface area contributed by atoms with Crippen molar-refractivity contribution in [2.45, 2.75) is 70.9 Å². The molecule has 1 aliphatic rings. The summed E-state index contributed by atoms with van der Waals surface area (Å²) in [6.07, 6.45) is 1.67. The molecule has 1 unspecified atom stereocenters. The molecule has 0 radical (unpaired) electrons. The second kappa shape index (κ2) is 7.90. The molecule has 0 saturated carbocycles. The average molecular weight is 390 g/mol. The summed E-state index contributed by atoms with van der Waals surface area (Å²) in [7, 11) is -0.180. The lowest BCUT2D eigenvalue weighted by Crippen LogP contribution is -2.46. The molecule has 150 valence electrons. The number of ether oxygens (including phenoxy) is 1. The van der Waals surface area contributed by atoms with Crippen LogP contribution in [0.5, 0.6) is 0 Å². The summed E-state index contributed by atoms with van der Waals surface area (Å²) in [6, 6.07) is 10.1. The molecule has 1 aromatic rings. The van der Waals surface area contributed by atoms with Gasteiger partial charge in [-0.15, -0.1) is 0 Å². The highest BCUT2D eigenvalue weighted by Gasteiger charge is 2.50. The number of carbonyl (C=O) groups is 1. The van der Waals surface area contributed by atoms with Crippen molar-refractivity contribution in [3.8, 4) is 0 Å². The minimum absolute atomic E-state index is 0.0366. The van der Waals surface area contributed by atoms with Gasteiger partial charge in [-0.05, 0) is 43.6 Å². The van der Waals surface area contributed by atoms with Crippen LogP contribution in [0.15, 0.2) is 42.0 Å². The van der Waals surface area contributed by atoms with E-state index in [9.17, 15) is 4.79 Å². The third-order valence-corrected chi connectivity index (χ3v) is 10.6. The Bertz CT molecular complexity index is 689. The first kappa shape index (κ1) is 21.9. The van der Waals surface area contributed by atoms with Crippen LogP contribution in [0.3, 0.4) is 0 Å². The second-order valence-corrected chi connectivity index (χ2v) is 14.2. The Morgan fingerprint density at radius 1 is 1.19 bits per heavy atom. The van der Waals surface area contributed by atoms with Gasteiger partial charge in [0.05, 0.1) is 12.1 Å². The van der Waals surface area contributed by atoms with E-state index in [0.29, 0.717) is 18.7 Å². The van der Waals surface area contributed by atoms with Gasteiger partial charge in [-0.2, -0.15) is 0 Å². The van der Waals surface area contributed by atoms with E-state index in [1.54, 1.807) is 7.11 Å². The number of hydrogen-bond acceptors (Lipinski definition) is 3. The van der Waals surface area contributed by atoms with Crippen molar-refractivity contribution in [2.75, 3.05) is 13.7 Å². The molecule has 27 heavy (non-hydrogen) atoms. The molecule has 4 nitrogen and oxygen atoms in total. The molecule has 1 saturated heterocycles. The van der Waals surface area contributed by atoms with Gasteiger partial charge in [0.25, 0.3) is 5.91 Å². The first-order valence-corrected chi connectivity index (χ1v) is 12.6. The third-order valence-electron chi connectivity index (χ3n) is 6.08. The predicted molar refractivity (Wildman–Crippen MR) is 113 cm³/mol. The maximum atomic E-state index is 13.2. The summed E-state index contributed by atoms with van der Waals surface area (Å²) in [5.41, 5.74) is 1.41.